The van der Waals surface area contributed by atoms with E-state index in [1.54, 1.807) is 18.2 Å². The van der Waals surface area contributed by atoms with Gasteiger partial charge in [-0.25, -0.2) is 0 Å². The zero-order chi connectivity index (χ0) is 19.7. The quantitative estimate of drug-likeness (QED) is 0.718. The molecule has 1 spiro atoms. The predicted octanol–water partition coefficient (Wildman–Crippen LogP) is 4.86. The summed E-state index contributed by atoms with van der Waals surface area (Å²) in [4.78, 5) is 2.25. The van der Waals surface area contributed by atoms with Crippen molar-refractivity contribution in [3.63, 3.8) is 0 Å². The average molecular weight is 443 g/mol. The van der Waals surface area contributed by atoms with Gasteiger partial charge in [0.15, 0.2) is 0 Å². The van der Waals surface area contributed by atoms with Crippen LogP contribution in [-0.4, -0.2) is 48.0 Å². The predicted molar refractivity (Wildman–Crippen MR) is 112 cm³/mol. The standard InChI is InChI=1S/C21H22Cl3NO3/c22-15-1-3-19-14(9-15)11-21(28-19)5-7-25(8-6-21)12-17(26)13-27-20-4-2-16(23)10-18(20)24/h1-4,9-10,17,26H,5-8,11-13H2/t17-/m0/s1. The van der Waals surface area contributed by atoms with Crippen molar-refractivity contribution >= 4 is 34.8 Å². The topological polar surface area (TPSA) is 41.9 Å². The number of piperidine rings is 1. The molecule has 1 atom stereocenters. The molecule has 4 rings (SSSR count). The summed E-state index contributed by atoms with van der Waals surface area (Å²) in [5.41, 5.74) is 1.05. The molecule has 4 nitrogen and oxygen atoms in total. The van der Waals surface area contributed by atoms with Gasteiger partial charge in [-0.15, -0.1) is 0 Å². The van der Waals surface area contributed by atoms with Crippen LogP contribution < -0.4 is 9.47 Å². The zero-order valence-corrected chi connectivity index (χ0v) is 17.6. The molecule has 2 aliphatic rings. The first-order valence-corrected chi connectivity index (χ1v) is 10.5. The number of benzene rings is 2. The first-order chi connectivity index (χ1) is 13.4. The van der Waals surface area contributed by atoms with E-state index in [0.717, 1.165) is 43.1 Å². The average Bonchev–Trinajstić information content (AvgIpc) is 3.00. The van der Waals surface area contributed by atoms with Crippen LogP contribution in [-0.2, 0) is 6.42 Å². The lowest BCUT2D eigenvalue weighted by molar-refractivity contribution is -0.00195. The number of halogens is 3. The van der Waals surface area contributed by atoms with Gasteiger partial charge in [-0.3, -0.25) is 0 Å². The number of aliphatic hydroxyl groups excluding tert-OH is 1. The van der Waals surface area contributed by atoms with Crippen LogP contribution in [0.2, 0.25) is 15.1 Å². The van der Waals surface area contributed by atoms with Gasteiger partial charge < -0.3 is 19.5 Å². The molecular weight excluding hydrogens is 421 g/mol. The molecule has 0 aliphatic carbocycles. The van der Waals surface area contributed by atoms with Crippen molar-refractivity contribution in [2.45, 2.75) is 31.0 Å². The maximum Gasteiger partial charge on any atom is 0.138 e. The van der Waals surface area contributed by atoms with Crippen molar-refractivity contribution in [1.82, 2.24) is 4.90 Å². The van der Waals surface area contributed by atoms with Crippen LogP contribution in [0.15, 0.2) is 36.4 Å². The summed E-state index contributed by atoms with van der Waals surface area (Å²) in [6.07, 6.45) is 2.16. The fraction of sp³-hybridized carbons (Fsp3) is 0.429. The molecule has 1 N–H and O–H groups in total. The fourth-order valence-electron chi connectivity index (χ4n) is 3.95. The van der Waals surface area contributed by atoms with Crippen LogP contribution in [0.3, 0.4) is 0 Å². The Kier molecular flexibility index (Phi) is 5.96. The maximum atomic E-state index is 10.4. The van der Waals surface area contributed by atoms with E-state index in [1.165, 1.54) is 5.56 Å². The molecule has 1 saturated heterocycles. The first-order valence-electron chi connectivity index (χ1n) is 9.38. The van der Waals surface area contributed by atoms with Crippen molar-refractivity contribution in [1.29, 1.82) is 0 Å². The molecule has 0 unspecified atom stereocenters. The molecule has 2 aromatic carbocycles. The lowest BCUT2D eigenvalue weighted by Crippen LogP contribution is -2.49. The fourth-order valence-corrected chi connectivity index (χ4v) is 4.61. The third-order valence-corrected chi connectivity index (χ3v) is 6.19. The monoisotopic (exact) mass is 441 g/mol. The number of fused-ring (bicyclic) bond motifs is 1. The highest BCUT2D eigenvalue weighted by molar-refractivity contribution is 6.35. The first kappa shape index (κ1) is 20.1. The van der Waals surface area contributed by atoms with Crippen molar-refractivity contribution < 1.29 is 14.6 Å². The summed E-state index contributed by atoms with van der Waals surface area (Å²) in [6.45, 7) is 2.49. The van der Waals surface area contributed by atoms with Crippen LogP contribution in [0.4, 0.5) is 0 Å². The number of ether oxygens (including phenoxy) is 2. The smallest absolute Gasteiger partial charge is 0.138 e. The normalized spacial score (nSPS) is 19.3. The SMILES string of the molecule is O[C@H](COc1ccc(Cl)cc1Cl)CN1CCC2(CC1)Cc1cc(Cl)ccc1O2. The van der Waals surface area contributed by atoms with Gasteiger partial charge in [0.2, 0.25) is 0 Å². The molecule has 0 amide bonds. The Labute approximate surface area is 179 Å². The largest absolute Gasteiger partial charge is 0.489 e. The van der Waals surface area contributed by atoms with Crippen LogP contribution in [0.5, 0.6) is 11.5 Å². The van der Waals surface area contributed by atoms with Gasteiger partial charge >= 0.3 is 0 Å². The maximum absolute atomic E-state index is 10.4. The molecule has 0 aromatic heterocycles. The molecular formula is C21H22Cl3NO3. The highest BCUT2D eigenvalue weighted by atomic mass is 35.5. The second-order valence-corrected chi connectivity index (χ2v) is 8.83. The number of nitrogens with zero attached hydrogens (tertiary/aromatic N) is 1. The van der Waals surface area contributed by atoms with Gasteiger partial charge in [0, 0.05) is 48.9 Å². The van der Waals surface area contributed by atoms with E-state index in [0.29, 0.717) is 22.3 Å². The summed E-state index contributed by atoms with van der Waals surface area (Å²) in [5, 5.41) is 12.1. The lowest BCUT2D eigenvalue weighted by Gasteiger charge is -2.39. The highest BCUT2D eigenvalue weighted by Crippen LogP contribution is 2.42. The molecule has 0 saturated carbocycles. The molecule has 28 heavy (non-hydrogen) atoms. The number of rotatable bonds is 5. The zero-order valence-electron chi connectivity index (χ0n) is 15.3. The Hall–Kier alpha value is -1.17. The summed E-state index contributed by atoms with van der Waals surface area (Å²) >= 11 is 18.1. The van der Waals surface area contributed by atoms with E-state index in [9.17, 15) is 5.11 Å². The van der Waals surface area contributed by atoms with E-state index in [2.05, 4.69) is 4.90 Å². The lowest BCUT2D eigenvalue weighted by atomic mass is 9.87. The van der Waals surface area contributed by atoms with Crippen molar-refractivity contribution in [3.8, 4) is 11.5 Å². The summed E-state index contributed by atoms with van der Waals surface area (Å²) in [6, 6.07) is 10.9. The molecule has 0 bridgehead atoms. The molecule has 7 heteroatoms. The number of β-amino-alcohol motifs (C(OH)–C–C–N with tert-alkyl or cyclic N) is 1. The number of hydrogen-bond acceptors (Lipinski definition) is 4. The van der Waals surface area contributed by atoms with Gasteiger partial charge in [0.25, 0.3) is 0 Å². The van der Waals surface area contributed by atoms with Crippen molar-refractivity contribution in [2.75, 3.05) is 26.2 Å². The number of aliphatic hydroxyl groups is 1. The molecule has 0 radical (unpaired) electrons. The number of hydrogen-bond donors (Lipinski definition) is 1. The van der Waals surface area contributed by atoms with Gasteiger partial charge in [0.1, 0.15) is 29.8 Å². The number of likely N-dealkylation sites (tertiary alicyclic amines) is 1. The van der Waals surface area contributed by atoms with Crippen LogP contribution in [0.1, 0.15) is 18.4 Å². The molecule has 2 aliphatic heterocycles. The van der Waals surface area contributed by atoms with Crippen LogP contribution in [0, 0.1) is 0 Å². The minimum absolute atomic E-state index is 0.137. The third kappa shape index (κ3) is 4.52. The summed E-state index contributed by atoms with van der Waals surface area (Å²) in [7, 11) is 0. The van der Waals surface area contributed by atoms with E-state index in [1.807, 2.05) is 18.2 Å². The minimum Gasteiger partial charge on any atom is -0.489 e. The minimum atomic E-state index is -0.596. The van der Waals surface area contributed by atoms with Gasteiger partial charge in [0.05, 0.1) is 5.02 Å². The second kappa shape index (κ2) is 8.29. The van der Waals surface area contributed by atoms with E-state index in [-0.39, 0.29) is 12.2 Å². The van der Waals surface area contributed by atoms with Gasteiger partial charge in [-0.2, -0.15) is 0 Å². The molecule has 1 fully saturated rings. The second-order valence-electron chi connectivity index (χ2n) is 7.55. The van der Waals surface area contributed by atoms with Crippen LogP contribution in [0.25, 0.3) is 0 Å². The van der Waals surface area contributed by atoms with Crippen molar-refractivity contribution in [2.24, 2.45) is 0 Å². The third-order valence-electron chi connectivity index (χ3n) is 5.42. The van der Waals surface area contributed by atoms with Crippen LogP contribution >= 0.6 is 34.8 Å². The molecule has 2 heterocycles. The van der Waals surface area contributed by atoms with Crippen molar-refractivity contribution in [3.05, 3.63) is 57.0 Å². The summed E-state index contributed by atoms with van der Waals surface area (Å²) < 4.78 is 11.9. The Balaban J connectivity index is 1.25. The Bertz CT molecular complexity index is 853. The molecule has 2 aromatic rings. The Morgan fingerprint density at radius 3 is 2.54 bits per heavy atom. The van der Waals surface area contributed by atoms with E-state index < -0.39 is 6.10 Å². The van der Waals surface area contributed by atoms with E-state index >= 15 is 0 Å². The summed E-state index contributed by atoms with van der Waals surface area (Å²) in [5.74, 6) is 1.48. The Morgan fingerprint density at radius 1 is 1.07 bits per heavy atom. The molecule has 150 valence electrons. The van der Waals surface area contributed by atoms with Gasteiger partial charge in [-0.05, 0) is 42.0 Å². The van der Waals surface area contributed by atoms with Gasteiger partial charge in [-0.1, -0.05) is 34.8 Å². The van der Waals surface area contributed by atoms with E-state index in [4.69, 9.17) is 44.3 Å². The Morgan fingerprint density at radius 2 is 1.79 bits per heavy atom. The highest BCUT2D eigenvalue weighted by Gasteiger charge is 2.42.